The van der Waals surface area contributed by atoms with Crippen molar-refractivity contribution in [2.24, 2.45) is 7.05 Å². The quantitative estimate of drug-likeness (QED) is 0.553. The van der Waals surface area contributed by atoms with Crippen LogP contribution in [-0.4, -0.2) is 72.1 Å². The van der Waals surface area contributed by atoms with Gasteiger partial charge in [0.05, 0.1) is 24.7 Å². The molecule has 0 atom stereocenters. The number of ether oxygens (including phenoxy) is 1. The summed E-state index contributed by atoms with van der Waals surface area (Å²) in [5, 5.41) is 11.1. The number of hydrogen-bond acceptors (Lipinski definition) is 6. The lowest BCUT2D eigenvalue weighted by Gasteiger charge is -2.36. The molecular formula is C23H31N7O2. The van der Waals surface area contributed by atoms with E-state index in [4.69, 9.17) is 4.74 Å². The van der Waals surface area contributed by atoms with Gasteiger partial charge in [-0.2, -0.15) is 5.10 Å². The summed E-state index contributed by atoms with van der Waals surface area (Å²) in [7, 11) is 3.55. The molecule has 9 heteroatoms. The lowest BCUT2D eigenvalue weighted by molar-refractivity contribution is 0.244. The fourth-order valence-electron chi connectivity index (χ4n) is 4.08. The van der Waals surface area contributed by atoms with E-state index in [1.165, 1.54) is 5.69 Å². The van der Waals surface area contributed by atoms with Crippen LogP contribution >= 0.6 is 0 Å². The van der Waals surface area contributed by atoms with Gasteiger partial charge in [0.15, 0.2) is 5.65 Å². The summed E-state index contributed by atoms with van der Waals surface area (Å²) >= 11 is 0. The number of carbonyl (C=O) groups excluding carboxylic acids is 1. The molecule has 170 valence electrons. The number of rotatable bonds is 7. The van der Waals surface area contributed by atoms with Crippen LogP contribution in [0.4, 0.5) is 16.2 Å². The summed E-state index contributed by atoms with van der Waals surface area (Å²) in [5.41, 5.74) is 3.60. The summed E-state index contributed by atoms with van der Waals surface area (Å²) in [4.78, 5) is 21.5. The molecule has 1 aromatic carbocycles. The van der Waals surface area contributed by atoms with Crippen molar-refractivity contribution in [3.05, 3.63) is 42.2 Å². The van der Waals surface area contributed by atoms with E-state index < -0.39 is 0 Å². The Morgan fingerprint density at radius 1 is 1.16 bits per heavy atom. The van der Waals surface area contributed by atoms with Crippen molar-refractivity contribution in [1.82, 2.24) is 25.0 Å². The first-order chi connectivity index (χ1) is 15.5. The topological polar surface area (TPSA) is 87.6 Å². The highest BCUT2D eigenvalue weighted by Gasteiger charge is 2.17. The number of pyridine rings is 1. The molecule has 32 heavy (non-hydrogen) atoms. The molecule has 0 spiro atoms. The predicted octanol–water partition coefficient (Wildman–Crippen LogP) is 2.62. The van der Waals surface area contributed by atoms with Gasteiger partial charge in [-0.05, 0) is 50.2 Å². The van der Waals surface area contributed by atoms with E-state index in [-0.39, 0.29) is 6.03 Å². The maximum Gasteiger partial charge on any atom is 0.319 e. The Morgan fingerprint density at radius 2 is 1.91 bits per heavy atom. The van der Waals surface area contributed by atoms with E-state index in [1.807, 2.05) is 32.2 Å². The number of benzene rings is 1. The number of fused-ring (bicyclic) bond motifs is 1. The van der Waals surface area contributed by atoms with Crippen molar-refractivity contribution in [3.8, 4) is 5.75 Å². The van der Waals surface area contributed by atoms with Crippen molar-refractivity contribution >= 4 is 28.4 Å². The van der Waals surface area contributed by atoms with Gasteiger partial charge in [-0.3, -0.25) is 9.58 Å². The molecular weight excluding hydrogens is 406 g/mol. The second kappa shape index (κ2) is 9.86. The van der Waals surface area contributed by atoms with Gasteiger partial charge in [-0.25, -0.2) is 9.78 Å². The summed E-state index contributed by atoms with van der Waals surface area (Å²) in [6.07, 6.45) is 2.57. The zero-order valence-electron chi connectivity index (χ0n) is 19.0. The monoisotopic (exact) mass is 437 g/mol. The van der Waals surface area contributed by atoms with Crippen LogP contribution in [0.25, 0.3) is 11.0 Å². The van der Waals surface area contributed by atoms with Gasteiger partial charge in [0, 0.05) is 50.8 Å². The Labute approximate surface area is 188 Å². The number of nitrogens with one attached hydrogen (secondary N) is 2. The Bertz CT molecular complexity index is 1060. The van der Waals surface area contributed by atoms with Crippen LogP contribution in [0.5, 0.6) is 5.75 Å². The summed E-state index contributed by atoms with van der Waals surface area (Å²) in [6.45, 7) is 7.59. The minimum atomic E-state index is -0.211. The molecule has 9 nitrogen and oxygen atoms in total. The van der Waals surface area contributed by atoms with E-state index >= 15 is 0 Å². The molecule has 2 aromatic heterocycles. The third kappa shape index (κ3) is 5.11. The van der Waals surface area contributed by atoms with Gasteiger partial charge in [-0.1, -0.05) is 0 Å². The molecule has 1 saturated heterocycles. The number of aromatic nitrogens is 3. The van der Waals surface area contributed by atoms with Crippen LogP contribution in [0.15, 0.2) is 36.5 Å². The first-order valence-electron chi connectivity index (χ1n) is 11.0. The van der Waals surface area contributed by atoms with Gasteiger partial charge >= 0.3 is 6.03 Å². The van der Waals surface area contributed by atoms with Gasteiger partial charge in [0.1, 0.15) is 5.75 Å². The molecule has 0 unspecified atom stereocenters. The first-order valence-corrected chi connectivity index (χ1v) is 11.0. The molecule has 0 radical (unpaired) electrons. The lowest BCUT2D eigenvalue weighted by atomic mass is 10.2. The second-order valence-corrected chi connectivity index (χ2v) is 8.07. The minimum Gasteiger partial charge on any atom is -0.497 e. The number of methoxy groups -OCH3 is 1. The number of anilines is 2. The molecule has 0 aliphatic carbocycles. The Hall–Kier alpha value is -3.33. The Kier molecular flexibility index (Phi) is 6.75. The smallest absolute Gasteiger partial charge is 0.319 e. The first kappa shape index (κ1) is 21.9. The van der Waals surface area contributed by atoms with Crippen molar-refractivity contribution in [2.75, 3.05) is 56.6 Å². The SMILES string of the molecule is COc1ccc(N2CCN(CCCNC(=O)Nc3cnc4c(c3)c(C)nn4C)CC2)cc1. The summed E-state index contributed by atoms with van der Waals surface area (Å²) in [5.74, 6) is 0.882. The van der Waals surface area contributed by atoms with Gasteiger partial charge < -0.3 is 20.3 Å². The number of carbonyl (C=O) groups is 1. The van der Waals surface area contributed by atoms with Gasteiger partial charge in [0.2, 0.25) is 0 Å². The maximum atomic E-state index is 12.2. The van der Waals surface area contributed by atoms with E-state index in [9.17, 15) is 4.79 Å². The lowest BCUT2D eigenvalue weighted by Crippen LogP contribution is -2.47. The largest absolute Gasteiger partial charge is 0.497 e. The third-order valence-electron chi connectivity index (χ3n) is 5.87. The van der Waals surface area contributed by atoms with Crippen LogP contribution in [0.3, 0.4) is 0 Å². The maximum absolute atomic E-state index is 12.2. The molecule has 2 amide bonds. The van der Waals surface area contributed by atoms with E-state index in [2.05, 4.69) is 42.6 Å². The molecule has 1 aliphatic rings. The Morgan fingerprint density at radius 3 is 2.62 bits per heavy atom. The predicted molar refractivity (Wildman–Crippen MR) is 127 cm³/mol. The zero-order chi connectivity index (χ0) is 22.5. The highest BCUT2D eigenvalue weighted by atomic mass is 16.5. The molecule has 0 bridgehead atoms. The number of nitrogens with zero attached hydrogens (tertiary/aromatic N) is 5. The third-order valence-corrected chi connectivity index (χ3v) is 5.87. The zero-order valence-corrected chi connectivity index (χ0v) is 19.0. The number of hydrogen-bond donors (Lipinski definition) is 2. The van der Waals surface area contributed by atoms with Crippen molar-refractivity contribution < 1.29 is 9.53 Å². The van der Waals surface area contributed by atoms with Crippen LogP contribution in [0, 0.1) is 6.92 Å². The molecule has 0 saturated carbocycles. The summed E-state index contributed by atoms with van der Waals surface area (Å²) in [6, 6.07) is 9.93. The van der Waals surface area contributed by atoms with E-state index in [0.717, 1.165) is 61.6 Å². The minimum absolute atomic E-state index is 0.211. The van der Waals surface area contributed by atoms with Crippen LogP contribution < -0.4 is 20.3 Å². The second-order valence-electron chi connectivity index (χ2n) is 8.07. The normalized spacial score (nSPS) is 14.5. The van der Waals surface area contributed by atoms with E-state index in [1.54, 1.807) is 18.0 Å². The van der Waals surface area contributed by atoms with Crippen molar-refractivity contribution in [2.45, 2.75) is 13.3 Å². The van der Waals surface area contributed by atoms with E-state index in [0.29, 0.717) is 12.2 Å². The highest BCUT2D eigenvalue weighted by molar-refractivity contribution is 5.92. The number of amides is 2. The molecule has 3 heterocycles. The standard InChI is InChI=1S/C23H31N7O2/c1-17-21-15-18(16-25-22(21)28(2)27-17)26-23(31)24-9-4-10-29-11-13-30(14-12-29)19-5-7-20(32-3)8-6-19/h5-8,15-16H,4,9-14H2,1-3H3,(H2,24,26,31). The van der Waals surface area contributed by atoms with Crippen molar-refractivity contribution in [1.29, 1.82) is 0 Å². The Balaban J connectivity index is 1.16. The van der Waals surface area contributed by atoms with Crippen LogP contribution in [0.2, 0.25) is 0 Å². The van der Waals surface area contributed by atoms with Crippen LogP contribution in [-0.2, 0) is 7.05 Å². The average molecular weight is 438 g/mol. The number of urea groups is 1. The highest BCUT2D eigenvalue weighted by Crippen LogP contribution is 2.21. The molecule has 2 N–H and O–H groups in total. The molecule has 1 aliphatic heterocycles. The molecule has 4 rings (SSSR count). The van der Waals surface area contributed by atoms with Crippen LogP contribution in [0.1, 0.15) is 12.1 Å². The average Bonchev–Trinajstić information content (AvgIpc) is 3.10. The summed E-state index contributed by atoms with van der Waals surface area (Å²) < 4.78 is 6.97. The number of piperazine rings is 1. The molecule has 3 aromatic rings. The fraction of sp³-hybridized carbons (Fsp3) is 0.435. The van der Waals surface area contributed by atoms with Gasteiger partial charge in [-0.15, -0.1) is 0 Å². The van der Waals surface area contributed by atoms with Gasteiger partial charge in [0.25, 0.3) is 0 Å². The number of aryl methyl sites for hydroxylation is 2. The van der Waals surface area contributed by atoms with Crippen molar-refractivity contribution in [3.63, 3.8) is 0 Å². The fourth-order valence-corrected chi connectivity index (χ4v) is 4.08. The molecule has 1 fully saturated rings.